The first kappa shape index (κ1) is 22.6. The first-order valence-electron chi connectivity index (χ1n) is 12.6. The number of aromatic amines is 1. The van der Waals surface area contributed by atoms with Crippen molar-refractivity contribution in [3.05, 3.63) is 95.1 Å². The van der Waals surface area contributed by atoms with Gasteiger partial charge in [-0.2, -0.15) is 5.10 Å². The van der Waals surface area contributed by atoms with E-state index in [4.69, 9.17) is 9.97 Å². The molecule has 2 aromatic carbocycles. The highest BCUT2D eigenvalue weighted by atomic mass is 32.1. The molecule has 1 saturated heterocycles. The van der Waals surface area contributed by atoms with E-state index in [1.165, 1.54) is 11.1 Å². The summed E-state index contributed by atoms with van der Waals surface area (Å²) in [7, 11) is 0. The van der Waals surface area contributed by atoms with Crippen molar-refractivity contribution in [2.45, 2.75) is 25.3 Å². The summed E-state index contributed by atoms with van der Waals surface area (Å²) in [6.07, 6.45) is 4.31. The molecular weight excluding hydrogens is 496 g/mol. The Labute approximate surface area is 223 Å². The number of hydrogen-bond donors (Lipinski definition) is 1. The molecule has 0 atom stereocenters. The zero-order valence-corrected chi connectivity index (χ0v) is 21.9. The van der Waals surface area contributed by atoms with Gasteiger partial charge in [0.25, 0.3) is 0 Å². The van der Waals surface area contributed by atoms with E-state index < -0.39 is 0 Å². The molecule has 1 N–H and O–H groups in total. The van der Waals surface area contributed by atoms with Crippen LogP contribution in [-0.2, 0) is 6.54 Å². The van der Waals surface area contributed by atoms with Crippen molar-refractivity contribution >= 4 is 27.6 Å². The Hall–Kier alpha value is -3.59. The molecule has 4 aromatic heterocycles. The van der Waals surface area contributed by atoms with Crippen molar-refractivity contribution in [1.82, 2.24) is 29.5 Å². The lowest BCUT2D eigenvalue weighted by Crippen LogP contribution is -2.32. The molecule has 1 aliphatic heterocycles. The normalized spacial score (nSPS) is 15.0. The number of H-pyrrole nitrogens is 1. The van der Waals surface area contributed by atoms with Crippen LogP contribution in [0.3, 0.4) is 0 Å². The Kier molecular flexibility index (Phi) is 5.92. The van der Waals surface area contributed by atoms with Gasteiger partial charge in [-0.25, -0.2) is 9.97 Å². The summed E-state index contributed by atoms with van der Waals surface area (Å²) in [6.45, 7) is 3.10. The maximum Gasteiger partial charge on any atom is 0.194 e. The van der Waals surface area contributed by atoms with Crippen LogP contribution in [0, 0.1) is 0 Å². The number of thiazole rings is 1. The van der Waals surface area contributed by atoms with Gasteiger partial charge in [0.05, 0.1) is 16.3 Å². The van der Waals surface area contributed by atoms with Crippen LogP contribution >= 0.6 is 22.7 Å². The second kappa shape index (κ2) is 9.70. The first-order chi connectivity index (χ1) is 18.3. The largest absolute Gasteiger partial charge is 0.299 e. The summed E-state index contributed by atoms with van der Waals surface area (Å²) < 4.78 is 2.20. The van der Waals surface area contributed by atoms with Crippen molar-refractivity contribution < 1.29 is 0 Å². The predicted octanol–water partition coefficient (Wildman–Crippen LogP) is 6.96. The molecule has 6 nitrogen and oxygen atoms in total. The number of aromatic nitrogens is 5. The molecule has 0 amide bonds. The quantitative estimate of drug-likeness (QED) is 0.257. The van der Waals surface area contributed by atoms with Crippen LogP contribution in [0.15, 0.2) is 83.7 Å². The van der Waals surface area contributed by atoms with Gasteiger partial charge in [-0.1, -0.05) is 60.7 Å². The number of likely N-dealkylation sites (tertiary alicyclic amines) is 1. The highest BCUT2D eigenvalue weighted by molar-refractivity contribution is 7.15. The van der Waals surface area contributed by atoms with Crippen molar-refractivity contribution in [3.63, 3.8) is 0 Å². The number of fused-ring (bicyclic) bond motifs is 1. The number of nitrogens with one attached hydrogen (secondary N) is 1. The third-order valence-electron chi connectivity index (χ3n) is 7.16. The average Bonchev–Trinajstić information content (AvgIpc) is 3.75. The van der Waals surface area contributed by atoms with E-state index in [1.807, 2.05) is 6.07 Å². The van der Waals surface area contributed by atoms with E-state index in [1.54, 1.807) is 22.7 Å². The molecule has 5 heterocycles. The molecule has 7 rings (SSSR count). The first-order valence-corrected chi connectivity index (χ1v) is 14.4. The number of thiophene rings is 1. The smallest absolute Gasteiger partial charge is 0.194 e. The number of benzene rings is 2. The van der Waals surface area contributed by atoms with E-state index in [9.17, 15) is 0 Å². The summed E-state index contributed by atoms with van der Waals surface area (Å²) in [5.74, 6) is 2.30. The van der Waals surface area contributed by atoms with Gasteiger partial charge in [-0.15, -0.1) is 22.7 Å². The van der Waals surface area contributed by atoms with Crippen LogP contribution in [-0.4, -0.2) is 42.6 Å². The number of rotatable bonds is 6. The van der Waals surface area contributed by atoms with Crippen LogP contribution in [0.4, 0.5) is 0 Å². The minimum atomic E-state index is 0.450. The summed E-state index contributed by atoms with van der Waals surface area (Å²) in [5, 5.41) is 11.8. The summed E-state index contributed by atoms with van der Waals surface area (Å²) in [5.41, 5.74) is 5.87. The van der Waals surface area contributed by atoms with Gasteiger partial charge in [0.15, 0.2) is 10.8 Å². The lowest BCUT2D eigenvalue weighted by Gasteiger charge is -2.30. The lowest BCUT2D eigenvalue weighted by molar-refractivity contribution is 0.202. The maximum atomic E-state index is 4.98. The zero-order chi connectivity index (χ0) is 24.6. The Bertz CT molecular complexity index is 1600. The second-order valence-electron chi connectivity index (χ2n) is 9.50. The highest BCUT2D eigenvalue weighted by Gasteiger charge is 2.24. The molecule has 8 heteroatoms. The molecule has 0 saturated carbocycles. The van der Waals surface area contributed by atoms with Crippen LogP contribution in [0.25, 0.3) is 38.2 Å². The Morgan fingerprint density at radius 1 is 0.838 bits per heavy atom. The average molecular weight is 523 g/mol. The van der Waals surface area contributed by atoms with Crippen LogP contribution < -0.4 is 0 Å². The monoisotopic (exact) mass is 522 g/mol. The minimum Gasteiger partial charge on any atom is -0.299 e. The summed E-state index contributed by atoms with van der Waals surface area (Å²) >= 11 is 3.35. The van der Waals surface area contributed by atoms with E-state index >= 15 is 0 Å². The third-order valence-corrected chi connectivity index (χ3v) is 8.78. The van der Waals surface area contributed by atoms with Crippen LogP contribution in [0.5, 0.6) is 0 Å². The van der Waals surface area contributed by atoms with E-state index in [0.29, 0.717) is 5.92 Å². The van der Waals surface area contributed by atoms with Gasteiger partial charge in [-0.05, 0) is 42.9 Å². The number of hydrogen-bond acceptors (Lipinski definition) is 6. The summed E-state index contributed by atoms with van der Waals surface area (Å²) in [6, 6.07) is 23.6. The Morgan fingerprint density at radius 2 is 1.68 bits per heavy atom. The maximum absolute atomic E-state index is 4.98. The molecule has 6 aromatic rings. The predicted molar refractivity (Wildman–Crippen MR) is 151 cm³/mol. The number of imidazole rings is 1. The fraction of sp³-hybridized carbons (Fsp3) is 0.207. The van der Waals surface area contributed by atoms with E-state index in [2.05, 4.69) is 97.1 Å². The molecule has 184 valence electrons. The molecule has 0 bridgehead atoms. The van der Waals surface area contributed by atoms with Gasteiger partial charge < -0.3 is 0 Å². The molecule has 1 aliphatic rings. The second-order valence-corrected chi connectivity index (χ2v) is 11.3. The van der Waals surface area contributed by atoms with Crippen molar-refractivity contribution in [2.24, 2.45) is 0 Å². The lowest BCUT2D eigenvalue weighted by atomic mass is 9.95. The van der Waals surface area contributed by atoms with Crippen LogP contribution in [0.2, 0.25) is 0 Å². The van der Waals surface area contributed by atoms with Gasteiger partial charge >= 0.3 is 0 Å². The molecule has 0 radical (unpaired) electrons. The van der Waals surface area contributed by atoms with E-state index in [0.717, 1.165) is 70.9 Å². The Balaban J connectivity index is 1.03. The number of piperidine rings is 1. The van der Waals surface area contributed by atoms with E-state index in [-0.39, 0.29) is 0 Å². The SMILES string of the molecule is c1ccc(-c2c(-c3ccc(CN4CCC(c5nc(-c6cccs6)n[nH]5)CC4)cc3)nc3sccn23)cc1. The summed E-state index contributed by atoms with van der Waals surface area (Å²) in [4.78, 5) is 14.4. The standard InChI is InChI=1S/C29H26N6S2/c1-2-5-22(6-3-1)26-25(30-29-35(26)16-18-37-29)21-10-8-20(9-11-21)19-34-14-12-23(13-15-34)27-31-28(33-32-27)24-7-4-17-36-24/h1-11,16-18,23H,12-15,19H2,(H,31,32,33). The molecule has 0 unspecified atom stereocenters. The molecule has 1 fully saturated rings. The van der Waals surface area contributed by atoms with Crippen molar-refractivity contribution in [1.29, 1.82) is 0 Å². The third kappa shape index (κ3) is 4.41. The zero-order valence-electron chi connectivity index (χ0n) is 20.2. The van der Waals surface area contributed by atoms with Crippen LogP contribution in [0.1, 0.15) is 30.1 Å². The minimum absolute atomic E-state index is 0.450. The molecule has 0 spiro atoms. The fourth-order valence-corrected chi connectivity index (χ4v) is 6.59. The molecular formula is C29H26N6S2. The molecule has 0 aliphatic carbocycles. The van der Waals surface area contributed by atoms with Gasteiger partial charge in [0.2, 0.25) is 0 Å². The highest BCUT2D eigenvalue weighted by Crippen LogP contribution is 2.35. The Morgan fingerprint density at radius 3 is 2.46 bits per heavy atom. The fourth-order valence-electron chi connectivity index (χ4n) is 5.22. The van der Waals surface area contributed by atoms with Gasteiger partial charge in [0.1, 0.15) is 5.82 Å². The van der Waals surface area contributed by atoms with Gasteiger partial charge in [-0.3, -0.25) is 14.4 Å². The van der Waals surface area contributed by atoms with Crippen molar-refractivity contribution in [3.8, 4) is 33.2 Å². The number of nitrogens with zero attached hydrogens (tertiary/aromatic N) is 5. The van der Waals surface area contributed by atoms with Crippen molar-refractivity contribution in [2.75, 3.05) is 13.1 Å². The topological polar surface area (TPSA) is 62.1 Å². The van der Waals surface area contributed by atoms with Gasteiger partial charge in [0, 0.05) is 35.2 Å². The molecule has 37 heavy (non-hydrogen) atoms.